The molecular formula is C52H45N4OPtS-3. The van der Waals surface area contributed by atoms with E-state index in [-0.39, 0.29) is 31.9 Å². The number of ether oxygens (including phenoxy) is 1. The zero-order valence-corrected chi connectivity index (χ0v) is 37.6. The van der Waals surface area contributed by atoms with Crippen molar-refractivity contribution in [1.82, 2.24) is 9.55 Å². The molecule has 0 bridgehead atoms. The summed E-state index contributed by atoms with van der Waals surface area (Å²) < 4.78 is 11.5. The van der Waals surface area contributed by atoms with Crippen LogP contribution in [0.4, 0.5) is 22.7 Å². The molecule has 0 fully saturated rings. The summed E-state index contributed by atoms with van der Waals surface area (Å²) in [5.41, 5.74) is 11.4. The summed E-state index contributed by atoms with van der Waals surface area (Å²) in [5.74, 6) is 2.08. The van der Waals surface area contributed by atoms with Crippen LogP contribution in [0.15, 0.2) is 121 Å². The summed E-state index contributed by atoms with van der Waals surface area (Å²) >= 11 is 1.84. The average molecular weight is 969 g/mol. The van der Waals surface area contributed by atoms with E-state index in [0.29, 0.717) is 11.5 Å². The predicted molar refractivity (Wildman–Crippen MR) is 244 cm³/mol. The number of anilines is 4. The number of para-hydroxylation sites is 2. The van der Waals surface area contributed by atoms with Crippen molar-refractivity contribution in [1.29, 1.82) is 0 Å². The van der Waals surface area contributed by atoms with Gasteiger partial charge >= 0.3 is 0 Å². The molecule has 9 aromatic rings. The van der Waals surface area contributed by atoms with Gasteiger partial charge in [-0.1, -0.05) is 89.5 Å². The van der Waals surface area contributed by atoms with Crippen molar-refractivity contribution in [3.8, 4) is 17.3 Å². The van der Waals surface area contributed by atoms with Crippen LogP contribution < -0.4 is 14.5 Å². The third kappa shape index (κ3) is 6.62. The van der Waals surface area contributed by atoms with E-state index in [1.54, 1.807) is 0 Å². The second kappa shape index (κ2) is 14.4. The molecule has 3 aromatic heterocycles. The number of rotatable bonds is 5. The molecule has 0 saturated heterocycles. The van der Waals surface area contributed by atoms with E-state index in [2.05, 4.69) is 186 Å². The van der Waals surface area contributed by atoms with Crippen molar-refractivity contribution in [2.45, 2.75) is 66.2 Å². The molecule has 10 rings (SSSR count). The third-order valence-electron chi connectivity index (χ3n) is 11.5. The van der Waals surface area contributed by atoms with Crippen LogP contribution in [-0.4, -0.2) is 9.55 Å². The van der Waals surface area contributed by atoms with Crippen molar-refractivity contribution in [2.75, 3.05) is 9.80 Å². The van der Waals surface area contributed by atoms with Crippen LogP contribution in [-0.2, 0) is 31.9 Å². The van der Waals surface area contributed by atoms with Crippen LogP contribution in [0.1, 0.15) is 63.8 Å². The number of pyridine rings is 1. The van der Waals surface area contributed by atoms with Crippen LogP contribution in [0.5, 0.6) is 11.5 Å². The number of hydrogen-bond donors (Lipinski definition) is 0. The van der Waals surface area contributed by atoms with E-state index >= 15 is 0 Å². The van der Waals surface area contributed by atoms with Crippen LogP contribution in [0.3, 0.4) is 0 Å². The molecule has 0 amide bonds. The van der Waals surface area contributed by atoms with Gasteiger partial charge in [-0.25, -0.2) is 4.98 Å². The molecule has 0 aliphatic carbocycles. The van der Waals surface area contributed by atoms with Crippen LogP contribution in [0, 0.1) is 32.6 Å². The van der Waals surface area contributed by atoms with E-state index in [0.717, 1.165) is 39.3 Å². The summed E-state index contributed by atoms with van der Waals surface area (Å²) in [6.45, 7) is 20.1. The fourth-order valence-corrected chi connectivity index (χ4v) is 9.65. The van der Waals surface area contributed by atoms with Crippen LogP contribution >= 0.6 is 11.3 Å². The Balaban J connectivity index is 0.00000449. The molecular weight excluding hydrogens is 924 g/mol. The minimum Gasteiger partial charge on any atom is -0.509 e. The molecule has 59 heavy (non-hydrogen) atoms. The Kier molecular flexibility index (Phi) is 9.53. The van der Waals surface area contributed by atoms with Gasteiger partial charge in [0, 0.05) is 70.7 Å². The van der Waals surface area contributed by atoms with Gasteiger partial charge in [-0.15, -0.1) is 59.4 Å². The zero-order chi connectivity index (χ0) is 40.1. The Morgan fingerprint density at radius 3 is 2.07 bits per heavy atom. The number of aryl methyl sites for hydroxylation is 2. The fourth-order valence-electron chi connectivity index (χ4n) is 8.54. The summed E-state index contributed by atoms with van der Waals surface area (Å²) in [6, 6.07) is 48.3. The van der Waals surface area contributed by atoms with Crippen molar-refractivity contribution in [3.63, 3.8) is 0 Å². The maximum absolute atomic E-state index is 6.68. The largest absolute Gasteiger partial charge is 0.509 e. The van der Waals surface area contributed by atoms with Gasteiger partial charge in [-0.2, -0.15) is 12.1 Å². The van der Waals surface area contributed by atoms with Gasteiger partial charge in [0.05, 0.1) is 0 Å². The van der Waals surface area contributed by atoms with Gasteiger partial charge in [0.1, 0.15) is 5.82 Å². The van der Waals surface area contributed by atoms with Gasteiger partial charge in [0.15, 0.2) is 0 Å². The van der Waals surface area contributed by atoms with Crippen molar-refractivity contribution < 1.29 is 25.8 Å². The van der Waals surface area contributed by atoms with Gasteiger partial charge in [-0.05, 0) is 106 Å². The molecule has 298 valence electrons. The van der Waals surface area contributed by atoms with E-state index in [1.807, 2.05) is 35.7 Å². The fraction of sp³-hybridized carbons (Fsp3) is 0.192. The maximum Gasteiger partial charge on any atom is 0.135 e. The second-order valence-corrected chi connectivity index (χ2v) is 18.6. The van der Waals surface area contributed by atoms with Crippen molar-refractivity contribution in [2.24, 2.45) is 0 Å². The molecule has 4 heterocycles. The molecule has 1 aliphatic rings. The third-order valence-corrected chi connectivity index (χ3v) is 12.6. The molecule has 0 radical (unpaired) electrons. The first-order chi connectivity index (χ1) is 27.8. The average Bonchev–Trinajstić information content (AvgIpc) is 3.87. The molecule has 6 aromatic carbocycles. The SMILES string of the molecule is Cc1cc(C(C)(C)C)cc(C)c1N1[CH-]N(c2[c-]c(Oc3[c-]c4c(cc3)c3c5c(ccc3n4-c3cc(C(C)(C)C)ccn3)sc3ccccc35)ccc2)c2ccccc21.[Pt]. The van der Waals surface area contributed by atoms with Crippen LogP contribution in [0.2, 0.25) is 0 Å². The number of nitrogens with zero attached hydrogens (tertiary/aromatic N) is 4. The Bertz CT molecular complexity index is 3070. The van der Waals surface area contributed by atoms with Crippen molar-refractivity contribution >= 4 is 76.1 Å². The normalized spacial score (nSPS) is 13.2. The Hall–Kier alpha value is -5.42. The Labute approximate surface area is 365 Å². The minimum atomic E-state index is -0.0367. The van der Waals surface area contributed by atoms with Gasteiger partial charge in [0.25, 0.3) is 0 Å². The molecule has 7 heteroatoms. The van der Waals surface area contributed by atoms with Gasteiger partial charge in [0.2, 0.25) is 0 Å². The first-order valence-electron chi connectivity index (χ1n) is 20.0. The number of fused-ring (bicyclic) bond motifs is 8. The maximum atomic E-state index is 6.68. The quantitative estimate of drug-likeness (QED) is 0.161. The Morgan fingerprint density at radius 1 is 0.627 bits per heavy atom. The molecule has 0 atom stereocenters. The summed E-state index contributed by atoms with van der Waals surface area (Å²) in [7, 11) is 0. The minimum absolute atomic E-state index is 0. The number of aromatic nitrogens is 2. The number of hydrogen-bond acceptors (Lipinski definition) is 5. The zero-order valence-electron chi connectivity index (χ0n) is 34.5. The molecule has 5 nitrogen and oxygen atoms in total. The van der Waals surface area contributed by atoms with Gasteiger partial charge in [-0.3, -0.25) is 0 Å². The summed E-state index contributed by atoms with van der Waals surface area (Å²) in [6.07, 6.45) is 1.92. The van der Waals surface area contributed by atoms with E-state index in [1.165, 1.54) is 53.5 Å². The second-order valence-electron chi connectivity index (χ2n) is 17.6. The monoisotopic (exact) mass is 968 g/mol. The standard InChI is InChI=1S/C52H45N4OS.Pt/c1-32-26-35(52(6,7)8)27-33(2)50(32)55-31-54(41-17-10-11-18-42(41)55)36-14-13-15-37(29-36)57-38-20-21-39-44(30-38)56(47-28-34(24-25-53-47)51(3,4)5)43-22-23-46-49(48(39)43)40-16-9-12-19-45(40)58-46;/h9-28,31H,1-8H3;/q-3;. The summed E-state index contributed by atoms with van der Waals surface area (Å²) in [5, 5.41) is 4.85. The predicted octanol–water partition coefficient (Wildman–Crippen LogP) is 14.6. The van der Waals surface area contributed by atoms with Gasteiger partial charge < -0.3 is 19.1 Å². The first kappa shape index (κ1) is 39.1. The molecule has 0 saturated carbocycles. The smallest absolute Gasteiger partial charge is 0.135 e. The summed E-state index contributed by atoms with van der Waals surface area (Å²) in [4.78, 5) is 9.47. The Morgan fingerprint density at radius 2 is 1.32 bits per heavy atom. The molecule has 0 spiro atoms. The van der Waals surface area contributed by atoms with E-state index < -0.39 is 0 Å². The number of benzene rings is 6. The molecule has 0 unspecified atom stereocenters. The van der Waals surface area contributed by atoms with Crippen molar-refractivity contribution in [3.05, 3.63) is 163 Å². The van der Waals surface area contributed by atoms with E-state index in [9.17, 15) is 0 Å². The van der Waals surface area contributed by atoms with Crippen LogP contribution in [0.25, 0.3) is 47.8 Å². The molecule has 0 N–H and O–H groups in total. The first-order valence-corrected chi connectivity index (χ1v) is 20.8. The molecule has 1 aliphatic heterocycles. The van der Waals surface area contributed by atoms with E-state index in [4.69, 9.17) is 9.72 Å². The topological polar surface area (TPSA) is 33.5 Å². The number of thiophene rings is 1.